The second kappa shape index (κ2) is 29.6. The molecular formula is C6H17B4LiO12. The first-order valence-electron chi connectivity index (χ1n) is 5.01. The van der Waals surface area contributed by atoms with Crippen LogP contribution in [0.25, 0.3) is 0 Å². The van der Waals surface area contributed by atoms with E-state index in [0.717, 1.165) is 0 Å². The summed E-state index contributed by atoms with van der Waals surface area (Å²) in [6, 6.07) is 12.5. The van der Waals surface area contributed by atoms with E-state index in [1.165, 1.54) is 0 Å². The van der Waals surface area contributed by atoms with E-state index in [-0.39, 0.29) is 18.9 Å². The standard InChI is InChI=1S/C6H5.4BH3O3.Li/c1-2-4-6-5-3-1;4*2-1(3)4;/h1-5H;4*2-4H;/q-1;;;;;+1. The molecule has 12 N–H and O–H groups in total. The first-order valence-corrected chi connectivity index (χ1v) is 5.01. The van der Waals surface area contributed by atoms with E-state index in [9.17, 15) is 0 Å². The summed E-state index contributed by atoms with van der Waals surface area (Å²) in [5.74, 6) is 0. The van der Waals surface area contributed by atoms with E-state index < -0.39 is 29.3 Å². The van der Waals surface area contributed by atoms with Gasteiger partial charge in [0, 0.05) is 0 Å². The fourth-order valence-electron chi connectivity index (χ4n) is 0.342. The third-order valence-electron chi connectivity index (χ3n) is 0.607. The summed E-state index contributed by atoms with van der Waals surface area (Å²) in [6.07, 6.45) is 0. The van der Waals surface area contributed by atoms with Gasteiger partial charge in [-0.25, -0.2) is 0 Å². The number of rotatable bonds is 0. The van der Waals surface area contributed by atoms with Gasteiger partial charge in [0.1, 0.15) is 0 Å². The summed E-state index contributed by atoms with van der Waals surface area (Å²) < 4.78 is 0. The van der Waals surface area contributed by atoms with Gasteiger partial charge in [-0.2, -0.15) is 36.4 Å². The molecule has 23 heavy (non-hydrogen) atoms. The van der Waals surface area contributed by atoms with Crippen LogP contribution in [0.5, 0.6) is 0 Å². The third kappa shape index (κ3) is 265. The van der Waals surface area contributed by atoms with Crippen LogP contribution in [0.3, 0.4) is 0 Å². The molecule has 0 radical (unpaired) electrons. The molecule has 0 heterocycles. The Labute approximate surface area is 145 Å². The van der Waals surface area contributed by atoms with Gasteiger partial charge in [-0.1, -0.05) is 0 Å². The molecular weight excluding hydrogens is 314 g/mol. The van der Waals surface area contributed by atoms with Crippen molar-refractivity contribution in [3.63, 3.8) is 0 Å². The van der Waals surface area contributed by atoms with Gasteiger partial charge in [-0.3, -0.25) is 0 Å². The van der Waals surface area contributed by atoms with Crippen molar-refractivity contribution in [1.82, 2.24) is 0 Å². The van der Waals surface area contributed by atoms with Crippen LogP contribution in [0.15, 0.2) is 30.3 Å². The average molecular weight is 331 g/mol. The molecule has 0 aliphatic carbocycles. The van der Waals surface area contributed by atoms with Crippen LogP contribution in [-0.2, 0) is 0 Å². The van der Waals surface area contributed by atoms with Crippen molar-refractivity contribution in [2.75, 3.05) is 0 Å². The van der Waals surface area contributed by atoms with Gasteiger partial charge in [0.15, 0.2) is 0 Å². The molecule has 0 aliphatic heterocycles. The zero-order chi connectivity index (χ0) is 18.6. The zero-order valence-corrected chi connectivity index (χ0v) is 12.1. The van der Waals surface area contributed by atoms with Crippen LogP contribution in [0.2, 0.25) is 0 Å². The molecule has 0 saturated carbocycles. The Balaban J connectivity index is -0.0000000591. The van der Waals surface area contributed by atoms with Crippen LogP contribution >= 0.6 is 0 Å². The molecule has 0 aliphatic rings. The van der Waals surface area contributed by atoms with Crippen molar-refractivity contribution in [3.05, 3.63) is 36.4 Å². The molecule has 12 nitrogen and oxygen atoms in total. The summed E-state index contributed by atoms with van der Waals surface area (Å²) in [5.41, 5.74) is 0. The van der Waals surface area contributed by atoms with E-state index in [1.807, 2.05) is 30.3 Å². The van der Waals surface area contributed by atoms with E-state index in [1.54, 1.807) is 0 Å². The molecule has 1 aromatic rings. The Hall–Kier alpha value is -0.403. The largest absolute Gasteiger partial charge is 1.00 e. The average Bonchev–Trinajstić information content (AvgIpc) is 2.28. The monoisotopic (exact) mass is 332 g/mol. The second-order valence-electron chi connectivity index (χ2n) is 2.46. The Morgan fingerprint density at radius 1 is 0.435 bits per heavy atom. The minimum Gasteiger partial charge on any atom is -0.402 e. The molecule has 1 rings (SSSR count). The van der Waals surface area contributed by atoms with E-state index in [4.69, 9.17) is 60.3 Å². The normalized spacial score (nSPS) is 6.78. The zero-order valence-electron chi connectivity index (χ0n) is 12.1. The van der Waals surface area contributed by atoms with Crippen LogP contribution in [0, 0.1) is 6.07 Å². The Bertz CT molecular complexity index is 207. The molecule has 126 valence electrons. The van der Waals surface area contributed by atoms with Gasteiger partial charge in [0.2, 0.25) is 0 Å². The Morgan fingerprint density at radius 2 is 0.609 bits per heavy atom. The molecule has 0 saturated heterocycles. The van der Waals surface area contributed by atoms with Gasteiger partial charge in [0.25, 0.3) is 0 Å². The topological polar surface area (TPSA) is 243 Å². The second-order valence-corrected chi connectivity index (χ2v) is 2.46. The van der Waals surface area contributed by atoms with Gasteiger partial charge < -0.3 is 60.3 Å². The fourth-order valence-corrected chi connectivity index (χ4v) is 0.342. The van der Waals surface area contributed by atoms with Gasteiger partial charge in [0.05, 0.1) is 0 Å². The van der Waals surface area contributed by atoms with Gasteiger partial charge in [-0.05, 0) is 0 Å². The van der Waals surface area contributed by atoms with Gasteiger partial charge in [-0.15, -0.1) is 0 Å². The number of hydrogen-bond acceptors (Lipinski definition) is 12. The number of benzene rings is 1. The maximum Gasteiger partial charge on any atom is 1.00 e. The minimum atomic E-state index is -2.17. The fraction of sp³-hybridized carbons (Fsp3) is 0. The van der Waals surface area contributed by atoms with Crippen LogP contribution in [0.1, 0.15) is 0 Å². The van der Waals surface area contributed by atoms with Crippen molar-refractivity contribution in [1.29, 1.82) is 0 Å². The molecule has 0 unspecified atom stereocenters. The van der Waals surface area contributed by atoms with Crippen molar-refractivity contribution >= 4 is 29.3 Å². The summed E-state index contributed by atoms with van der Waals surface area (Å²) >= 11 is 0. The van der Waals surface area contributed by atoms with E-state index in [0.29, 0.717) is 0 Å². The predicted octanol–water partition coefficient (Wildman–Crippen LogP) is -9.72. The third-order valence-corrected chi connectivity index (χ3v) is 0.607. The maximum atomic E-state index is 7.17. The SMILES string of the molecule is OB(O)O.OB(O)O.OB(O)O.OB(O)O.[Li+].[c-]1ccccc1. The smallest absolute Gasteiger partial charge is 0.402 e. The quantitative estimate of drug-likeness (QED) is 0.156. The molecule has 0 fully saturated rings. The molecule has 0 bridgehead atoms. The summed E-state index contributed by atoms with van der Waals surface area (Å²) in [5, 5.41) is 86.0. The number of hydrogen-bond donors (Lipinski definition) is 12. The summed E-state index contributed by atoms with van der Waals surface area (Å²) in [7, 11) is -8.67. The van der Waals surface area contributed by atoms with Crippen molar-refractivity contribution in [3.8, 4) is 0 Å². The first-order chi connectivity index (χ1) is 9.93. The Morgan fingerprint density at radius 3 is 0.652 bits per heavy atom. The summed E-state index contributed by atoms with van der Waals surface area (Å²) in [4.78, 5) is 0. The van der Waals surface area contributed by atoms with Crippen molar-refractivity contribution in [2.45, 2.75) is 0 Å². The maximum absolute atomic E-state index is 7.17. The minimum absolute atomic E-state index is 0. The molecule has 0 aromatic heterocycles. The van der Waals surface area contributed by atoms with Crippen molar-refractivity contribution < 1.29 is 79.1 Å². The predicted molar refractivity (Wildman–Crippen MR) is 74.9 cm³/mol. The van der Waals surface area contributed by atoms with Gasteiger partial charge >= 0.3 is 48.1 Å². The van der Waals surface area contributed by atoms with Crippen LogP contribution < -0.4 is 18.9 Å². The first kappa shape index (κ1) is 34.0. The Kier molecular flexibility index (Phi) is 43.8. The van der Waals surface area contributed by atoms with E-state index in [2.05, 4.69) is 6.07 Å². The molecule has 1 aromatic carbocycles. The van der Waals surface area contributed by atoms with Crippen LogP contribution in [-0.4, -0.2) is 89.6 Å². The molecule has 0 amide bonds. The molecule has 17 heteroatoms. The molecule has 0 atom stereocenters. The van der Waals surface area contributed by atoms with E-state index >= 15 is 0 Å². The van der Waals surface area contributed by atoms with Crippen LogP contribution in [0.4, 0.5) is 0 Å². The summed E-state index contributed by atoms with van der Waals surface area (Å²) in [6.45, 7) is 0. The molecule has 0 spiro atoms. The van der Waals surface area contributed by atoms with Crippen molar-refractivity contribution in [2.24, 2.45) is 0 Å².